The number of benzene rings is 1. The third-order valence-electron chi connectivity index (χ3n) is 3.65. The normalized spacial score (nSPS) is 22.5. The molecule has 1 amide bonds. The van der Waals surface area contributed by atoms with Crippen molar-refractivity contribution in [3.05, 3.63) is 29.3 Å². The van der Waals surface area contributed by atoms with Crippen molar-refractivity contribution in [2.75, 3.05) is 18.1 Å². The average molecular weight is 341 g/mol. The highest BCUT2D eigenvalue weighted by molar-refractivity contribution is 7.91. The molecule has 2 rings (SSSR count). The summed E-state index contributed by atoms with van der Waals surface area (Å²) in [4.78, 5) is 23.7. The molecule has 1 heterocycles. The molecule has 1 aliphatic heterocycles. The Bertz CT molecular complexity index is 742. The molecule has 0 spiro atoms. The van der Waals surface area contributed by atoms with E-state index in [1.54, 1.807) is 19.9 Å². The second-order valence-electron chi connectivity index (χ2n) is 6.05. The van der Waals surface area contributed by atoms with E-state index in [-0.39, 0.29) is 22.8 Å². The molecule has 23 heavy (non-hydrogen) atoms. The predicted octanol–water partition coefficient (Wildman–Crippen LogP) is 0.551. The van der Waals surface area contributed by atoms with Crippen LogP contribution in [0.4, 0.5) is 0 Å². The third-order valence-corrected chi connectivity index (χ3v) is 5.56. The van der Waals surface area contributed by atoms with E-state index in [1.165, 1.54) is 12.1 Å². The Hall–Kier alpha value is -2.09. The van der Waals surface area contributed by atoms with Crippen LogP contribution in [0.2, 0.25) is 0 Å². The summed E-state index contributed by atoms with van der Waals surface area (Å²) in [6.45, 7) is 2.86. The van der Waals surface area contributed by atoms with Gasteiger partial charge in [0.2, 0.25) is 0 Å². The summed E-state index contributed by atoms with van der Waals surface area (Å²) >= 11 is 0. The summed E-state index contributed by atoms with van der Waals surface area (Å²) in [5, 5.41) is 12.3. The Kier molecular flexibility index (Phi) is 4.65. The lowest BCUT2D eigenvalue weighted by molar-refractivity contribution is -0.125. The van der Waals surface area contributed by atoms with Crippen LogP contribution in [0.5, 0.6) is 5.75 Å². The second-order valence-corrected chi connectivity index (χ2v) is 8.23. The van der Waals surface area contributed by atoms with E-state index in [0.29, 0.717) is 6.42 Å². The van der Waals surface area contributed by atoms with E-state index in [1.807, 2.05) is 0 Å². The number of amides is 1. The Morgan fingerprint density at radius 1 is 1.39 bits per heavy atom. The highest BCUT2D eigenvalue weighted by Crippen LogP contribution is 2.23. The summed E-state index contributed by atoms with van der Waals surface area (Å²) in [7, 11) is -3.14. The Balaban J connectivity index is 1.90. The number of aromatic hydroxyl groups is 1. The molecule has 7 nitrogen and oxygen atoms in total. The molecule has 1 aliphatic rings. The van der Waals surface area contributed by atoms with Crippen LogP contribution in [0.1, 0.15) is 29.3 Å². The molecule has 0 saturated carbocycles. The van der Waals surface area contributed by atoms with E-state index in [2.05, 4.69) is 5.32 Å². The molecule has 1 aromatic carbocycles. The number of hydrogen-bond acceptors (Lipinski definition) is 6. The SMILES string of the molecule is Cc1ccc(C(=O)OCC(=O)N[C@@]2(C)CCS(=O)(=O)C2)c(O)c1. The van der Waals surface area contributed by atoms with E-state index in [0.717, 1.165) is 5.56 Å². The maximum atomic E-state index is 11.8. The van der Waals surface area contributed by atoms with Crippen molar-refractivity contribution in [3.8, 4) is 5.75 Å². The molecule has 0 aliphatic carbocycles. The maximum Gasteiger partial charge on any atom is 0.342 e. The molecule has 8 heteroatoms. The zero-order valence-electron chi connectivity index (χ0n) is 13.0. The first-order valence-corrected chi connectivity index (χ1v) is 8.91. The molecule has 0 radical (unpaired) electrons. The average Bonchev–Trinajstić information content (AvgIpc) is 2.69. The van der Waals surface area contributed by atoms with Crippen molar-refractivity contribution in [1.29, 1.82) is 0 Å². The summed E-state index contributed by atoms with van der Waals surface area (Å²) < 4.78 is 27.8. The van der Waals surface area contributed by atoms with Crippen LogP contribution in [0.25, 0.3) is 0 Å². The number of nitrogens with one attached hydrogen (secondary N) is 1. The molecular weight excluding hydrogens is 322 g/mol. The zero-order valence-corrected chi connectivity index (χ0v) is 13.8. The van der Waals surface area contributed by atoms with Gasteiger partial charge in [-0.05, 0) is 38.0 Å². The number of rotatable bonds is 4. The van der Waals surface area contributed by atoms with Crippen LogP contribution < -0.4 is 5.32 Å². The minimum absolute atomic E-state index is 0.0286. The van der Waals surface area contributed by atoms with Gasteiger partial charge in [0.25, 0.3) is 5.91 Å². The maximum absolute atomic E-state index is 11.8. The number of carbonyl (C=O) groups is 2. The molecule has 1 aromatic rings. The Morgan fingerprint density at radius 3 is 2.65 bits per heavy atom. The van der Waals surface area contributed by atoms with Gasteiger partial charge in [-0.3, -0.25) is 4.79 Å². The fourth-order valence-electron chi connectivity index (χ4n) is 2.50. The Labute approximate surface area is 134 Å². The number of sulfone groups is 1. The minimum atomic E-state index is -3.14. The zero-order chi connectivity index (χ0) is 17.3. The van der Waals surface area contributed by atoms with Crippen LogP contribution in [-0.4, -0.2) is 49.1 Å². The van der Waals surface area contributed by atoms with Crippen molar-refractivity contribution in [2.24, 2.45) is 0 Å². The number of carbonyl (C=O) groups excluding carboxylic acids is 2. The smallest absolute Gasteiger partial charge is 0.342 e. The van der Waals surface area contributed by atoms with Gasteiger partial charge in [-0.2, -0.15) is 0 Å². The molecule has 1 saturated heterocycles. The predicted molar refractivity (Wildman–Crippen MR) is 82.9 cm³/mol. The van der Waals surface area contributed by atoms with E-state index in [4.69, 9.17) is 4.74 Å². The van der Waals surface area contributed by atoms with Crippen molar-refractivity contribution in [1.82, 2.24) is 5.32 Å². The number of aryl methyl sites for hydroxylation is 1. The first-order valence-electron chi connectivity index (χ1n) is 7.08. The van der Waals surface area contributed by atoms with Crippen molar-refractivity contribution in [2.45, 2.75) is 25.8 Å². The molecule has 1 fully saturated rings. The van der Waals surface area contributed by atoms with Gasteiger partial charge in [0, 0.05) is 0 Å². The highest BCUT2D eigenvalue weighted by atomic mass is 32.2. The lowest BCUT2D eigenvalue weighted by Gasteiger charge is -2.23. The molecule has 0 aromatic heterocycles. The van der Waals surface area contributed by atoms with Gasteiger partial charge in [-0.25, -0.2) is 13.2 Å². The van der Waals surface area contributed by atoms with Crippen LogP contribution in [0, 0.1) is 6.92 Å². The number of hydrogen-bond donors (Lipinski definition) is 2. The molecular formula is C15H19NO6S. The van der Waals surface area contributed by atoms with Crippen molar-refractivity contribution < 1.29 is 27.9 Å². The largest absolute Gasteiger partial charge is 0.507 e. The van der Waals surface area contributed by atoms with Gasteiger partial charge in [0.15, 0.2) is 16.4 Å². The number of esters is 1. The first kappa shape index (κ1) is 17.3. The summed E-state index contributed by atoms with van der Waals surface area (Å²) in [5.41, 5.74) is -0.0841. The van der Waals surface area contributed by atoms with Gasteiger partial charge < -0.3 is 15.2 Å². The summed E-state index contributed by atoms with van der Waals surface area (Å²) in [6.07, 6.45) is 0.327. The van der Waals surface area contributed by atoms with Gasteiger partial charge in [0.05, 0.1) is 17.0 Å². The molecule has 0 unspecified atom stereocenters. The quantitative estimate of drug-likeness (QED) is 0.774. The van der Waals surface area contributed by atoms with E-state index in [9.17, 15) is 23.1 Å². The topological polar surface area (TPSA) is 110 Å². The van der Waals surface area contributed by atoms with Crippen LogP contribution >= 0.6 is 0 Å². The van der Waals surface area contributed by atoms with Gasteiger partial charge in [-0.1, -0.05) is 6.07 Å². The molecule has 0 bridgehead atoms. The standard InChI is InChI=1S/C15H19NO6S/c1-10-3-4-11(12(17)7-10)14(19)22-8-13(18)16-15(2)5-6-23(20,21)9-15/h3-4,7,17H,5-6,8-9H2,1-2H3,(H,16,18)/t15-/m0/s1. The molecule has 1 atom stereocenters. The molecule has 126 valence electrons. The van der Waals surface area contributed by atoms with Gasteiger partial charge >= 0.3 is 5.97 Å². The molecule has 2 N–H and O–H groups in total. The van der Waals surface area contributed by atoms with Gasteiger partial charge in [-0.15, -0.1) is 0 Å². The lowest BCUT2D eigenvalue weighted by atomic mass is 10.0. The van der Waals surface area contributed by atoms with Crippen LogP contribution in [0.3, 0.4) is 0 Å². The van der Waals surface area contributed by atoms with Crippen molar-refractivity contribution >= 4 is 21.7 Å². The number of phenols is 1. The number of ether oxygens (including phenoxy) is 1. The summed E-state index contributed by atoms with van der Waals surface area (Å²) in [6, 6.07) is 4.47. The van der Waals surface area contributed by atoms with E-state index < -0.39 is 33.9 Å². The van der Waals surface area contributed by atoms with E-state index >= 15 is 0 Å². The van der Waals surface area contributed by atoms with Crippen LogP contribution in [0.15, 0.2) is 18.2 Å². The highest BCUT2D eigenvalue weighted by Gasteiger charge is 2.39. The van der Waals surface area contributed by atoms with Crippen LogP contribution in [-0.2, 0) is 19.4 Å². The first-order chi connectivity index (χ1) is 10.6. The summed E-state index contributed by atoms with van der Waals surface area (Å²) in [5.74, 6) is -1.71. The fraction of sp³-hybridized carbons (Fsp3) is 0.467. The van der Waals surface area contributed by atoms with Crippen molar-refractivity contribution in [3.63, 3.8) is 0 Å². The van der Waals surface area contributed by atoms with Gasteiger partial charge in [0.1, 0.15) is 11.3 Å². The monoisotopic (exact) mass is 341 g/mol. The minimum Gasteiger partial charge on any atom is -0.507 e. The third kappa shape index (κ3) is 4.44. The number of phenolic OH excluding ortho intramolecular Hbond substituents is 1. The fourth-order valence-corrected chi connectivity index (χ4v) is 4.60. The Morgan fingerprint density at radius 2 is 2.09 bits per heavy atom. The second kappa shape index (κ2) is 6.19. The lowest BCUT2D eigenvalue weighted by Crippen LogP contribution is -2.48.